The minimum atomic E-state index is -0.000982. The number of aryl methyl sites for hydroxylation is 2. The molecule has 2 aromatic carbocycles. The van der Waals surface area contributed by atoms with Gasteiger partial charge in [0.15, 0.2) is 5.65 Å². The maximum atomic E-state index is 12.3. The maximum Gasteiger partial charge on any atom is 0.224 e. The number of rotatable bonds is 6. The van der Waals surface area contributed by atoms with Crippen LogP contribution in [0.4, 0.5) is 5.69 Å². The van der Waals surface area contributed by atoms with Gasteiger partial charge in [0.2, 0.25) is 5.91 Å². The Kier molecular flexibility index (Phi) is 5.10. The third-order valence-corrected chi connectivity index (χ3v) is 4.68. The largest absolute Gasteiger partial charge is 0.326 e. The Morgan fingerprint density at radius 2 is 1.86 bits per heavy atom. The maximum absolute atomic E-state index is 12.3. The zero-order valence-electron chi connectivity index (χ0n) is 15.7. The van der Waals surface area contributed by atoms with Crippen molar-refractivity contribution in [1.82, 2.24) is 19.8 Å². The summed E-state index contributed by atoms with van der Waals surface area (Å²) >= 11 is 0. The van der Waals surface area contributed by atoms with Crippen LogP contribution in [0.1, 0.15) is 24.5 Å². The van der Waals surface area contributed by atoms with Gasteiger partial charge in [-0.15, -0.1) is 10.2 Å². The van der Waals surface area contributed by atoms with Crippen LogP contribution in [0, 0.1) is 0 Å². The quantitative estimate of drug-likeness (QED) is 0.557. The van der Waals surface area contributed by atoms with Crippen LogP contribution in [0.2, 0.25) is 0 Å². The second-order valence-electron chi connectivity index (χ2n) is 6.65. The smallest absolute Gasteiger partial charge is 0.224 e. The number of aromatic nitrogens is 4. The average Bonchev–Trinajstić information content (AvgIpc) is 3.21. The minimum absolute atomic E-state index is 0.000982. The van der Waals surface area contributed by atoms with E-state index in [1.165, 1.54) is 11.1 Å². The molecule has 0 spiro atoms. The second-order valence-corrected chi connectivity index (χ2v) is 6.65. The molecule has 4 aromatic rings. The van der Waals surface area contributed by atoms with Crippen molar-refractivity contribution in [2.24, 2.45) is 0 Å². The normalized spacial score (nSPS) is 10.9. The molecule has 4 rings (SSSR count). The number of amides is 1. The van der Waals surface area contributed by atoms with E-state index < -0.39 is 0 Å². The standard InChI is InChI=1S/C22H21N5O/c1-2-16-6-8-17(9-7-16)10-13-22(28)24-19-5-3-4-18(14-19)20-11-12-21-25-23-15-27(21)26-20/h3-9,11-12,14-15H,2,10,13H2,1H3,(H,24,28). The highest BCUT2D eigenvalue weighted by atomic mass is 16.1. The van der Waals surface area contributed by atoms with Gasteiger partial charge in [0, 0.05) is 17.7 Å². The lowest BCUT2D eigenvalue weighted by Crippen LogP contribution is -2.12. The van der Waals surface area contributed by atoms with E-state index in [9.17, 15) is 4.79 Å². The first kappa shape index (κ1) is 17.9. The highest BCUT2D eigenvalue weighted by Gasteiger charge is 2.07. The first-order valence-electron chi connectivity index (χ1n) is 9.36. The molecule has 1 N–H and O–H groups in total. The molecule has 1 amide bonds. The third kappa shape index (κ3) is 4.06. The van der Waals surface area contributed by atoms with Crippen LogP contribution >= 0.6 is 0 Å². The molecule has 0 unspecified atom stereocenters. The second kappa shape index (κ2) is 8.00. The number of anilines is 1. The van der Waals surface area contributed by atoms with Crippen LogP contribution in [0.25, 0.3) is 16.9 Å². The Balaban J connectivity index is 1.41. The van der Waals surface area contributed by atoms with E-state index in [2.05, 4.69) is 51.8 Å². The van der Waals surface area contributed by atoms with Gasteiger partial charge >= 0.3 is 0 Å². The molecule has 0 aliphatic carbocycles. The number of hydrogen-bond acceptors (Lipinski definition) is 4. The Morgan fingerprint density at radius 3 is 2.68 bits per heavy atom. The molecule has 0 aliphatic rings. The van der Waals surface area contributed by atoms with Gasteiger partial charge in [-0.2, -0.15) is 9.61 Å². The number of fused-ring (bicyclic) bond motifs is 1. The summed E-state index contributed by atoms with van der Waals surface area (Å²) in [5, 5.41) is 15.3. The highest BCUT2D eigenvalue weighted by molar-refractivity contribution is 5.91. The zero-order chi connectivity index (χ0) is 19.3. The Labute approximate surface area is 163 Å². The average molecular weight is 371 g/mol. The van der Waals surface area contributed by atoms with Crippen molar-refractivity contribution in [3.63, 3.8) is 0 Å². The summed E-state index contributed by atoms with van der Waals surface area (Å²) < 4.78 is 1.63. The molecule has 6 nitrogen and oxygen atoms in total. The van der Waals surface area contributed by atoms with E-state index in [0.29, 0.717) is 12.1 Å². The van der Waals surface area contributed by atoms with Crippen molar-refractivity contribution in [2.45, 2.75) is 26.2 Å². The molecule has 2 aromatic heterocycles. The van der Waals surface area contributed by atoms with Crippen LogP contribution in [0.5, 0.6) is 0 Å². The van der Waals surface area contributed by atoms with Gasteiger partial charge in [0.25, 0.3) is 0 Å². The summed E-state index contributed by atoms with van der Waals surface area (Å²) in [6, 6.07) is 19.9. The Morgan fingerprint density at radius 1 is 1.04 bits per heavy atom. The van der Waals surface area contributed by atoms with Gasteiger partial charge in [-0.1, -0.05) is 43.3 Å². The number of carbonyl (C=O) groups excluding carboxylic acids is 1. The lowest BCUT2D eigenvalue weighted by atomic mass is 10.1. The fourth-order valence-electron chi connectivity index (χ4n) is 3.06. The summed E-state index contributed by atoms with van der Waals surface area (Å²) in [6.45, 7) is 2.14. The molecule has 0 atom stereocenters. The molecule has 0 saturated heterocycles. The third-order valence-electron chi connectivity index (χ3n) is 4.68. The van der Waals surface area contributed by atoms with Crippen molar-refractivity contribution >= 4 is 17.2 Å². The van der Waals surface area contributed by atoms with Crippen LogP contribution in [-0.2, 0) is 17.6 Å². The van der Waals surface area contributed by atoms with Gasteiger partial charge in [-0.3, -0.25) is 4.79 Å². The van der Waals surface area contributed by atoms with Crippen molar-refractivity contribution in [1.29, 1.82) is 0 Å². The predicted octanol–water partition coefficient (Wildman–Crippen LogP) is 3.93. The summed E-state index contributed by atoms with van der Waals surface area (Å²) in [4.78, 5) is 12.3. The van der Waals surface area contributed by atoms with E-state index in [0.717, 1.165) is 29.8 Å². The monoisotopic (exact) mass is 371 g/mol. The minimum Gasteiger partial charge on any atom is -0.326 e. The molecule has 2 heterocycles. The first-order chi connectivity index (χ1) is 13.7. The van der Waals surface area contributed by atoms with Gasteiger partial charge in [0.1, 0.15) is 6.33 Å². The number of hydrogen-bond donors (Lipinski definition) is 1. The van der Waals surface area contributed by atoms with Crippen LogP contribution in [0.15, 0.2) is 67.0 Å². The van der Waals surface area contributed by atoms with Crippen molar-refractivity contribution in [3.05, 3.63) is 78.1 Å². The molecule has 6 heteroatoms. The molecule has 0 radical (unpaired) electrons. The van der Waals surface area contributed by atoms with Gasteiger partial charge in [0.05, 0.1) is 5.69 Å². The Hall–Kier alpha value is -3.54. The molecule has 140 valence electrons. The summed E-state index contributed by atoms with van der Waals surface area (Å²) in [6.07, 6.45) is 3.76. The highest BCUT2D eigenvalue weighted by Crippen LogP contribution is 2.21. The number of benzene rings is 2. The predicted molar refractivity (Wildman–Crippen MR) is 109 cm³/mol. The van der Waals surface area contributed by atoms with Crippen molar-refractivity contribution in [3.8, 4) is 11.3 Å². The van der Waals surface area contributed by atoms with Crippen LogP contribution in [0.3, 0.4) is 0 Å². The number of carbonyl (C=O) groups is 1. The van der Waals surface area contributed by atoms with E-state index >= 15 is 0 Å². The summed E-state index contributed by atoms with van der Waals surface area (Å²) in [5.74, 6) is -0.000982. The fourth-order valence-corrected chi connectivity index (χ4v) is 3.06. The van der Waals surface area contributed by atoms with Gasteiger partial charge in [-0.05, 0) is 48.2 Å². The fraction of sp³-hybridized carbons (Fsp3) is 0.182. The molecule has 0 bridgehead atoms. The molecular formula is C22H21N5O. The molecule has 0 saturated carbocycles. The van der Waals surface area contributed by atoms with Crippen molar-refractivity contribution in [2.75, 3.05) is 5.32 Å². The molecule has 28 heavy (non-hydrogen) atoms. The van der Waals surface area contributed by atoms with Gasteiger partial charge in [-0.25, -0.2) is 0 Å². The van der Waals surface area contributed by atoms with Crippen LogP contribution < -0.4 is 5.32 Å². The van der Waals surface area contributed by atoms with Crippen LogP contribution in [-0.4, -0.2) is 25.7 Å². The van der Waals surface area contributed by atoms with Crippen molar-refractivity contribution < 1.29 is 4.79 Å². The summed E-state index contributed by atoms with van der Waals surface area (Å²) in [7, 11) is 0. The lowest BCUT2D eigenvalue weighted by molar-refractivity contribution is -0.116. The van der Waals surface area contributed by atoms with E-state index in [1.54, 1.807) is 10.8 Å². The molecule has 0 fully saturated rings. The molecule has 0 aliphatic heterocycles. The van der Waals surface area contributed by atoms with E-state index in [1.807, 2.05) is 36.4 Å². The van der Waals surface area contributed by atoms with E-state index in [-0.39, 0.29) is 5.91 Å². The zero-order valence-corrected chi connectivity index (χ0v) is 15.7. The molecular weight excluding hydrogens is 350 g/mol. The van der Waals surface area contributed by atoms with Gasteiger partial charge < -0.3 is 5.32 Å². The Bertz CT molecular complexity index is 1100. The number of nitrogens with one attached hydrogen (secondary N) is 1. The van der Waals surface area contributed by atoms with E-state index in [4.69, 9.17) is 0 Å². The first-order valence-corrected chi connectivity index (χ1v) is 9.36. The summed E-state index contributed by atoms with van der Waals surface area (Å²) in [5.41, 5.74) is 5.65. The SMILES string of the molecule is CCc1ccc(CCC(=O)Nc2cccc(-c3ccc4nncn4n3)c2)cc1. The topological polar surface area (TPSA) is 72.2 Å². The lowest BCUT2D eigenvalue weighted by Gasteiger charge is -2.08. The number of nitrogens with zero attached hydrogens (tertiary/aromatic N) is 4.